The van der Waals surface area contributed by atoms with Crippen molar-refractivity contribution in [2.24, 2.45) is 0 Å². The zero-order valence-electron chi connectivity index (χ0n) is 18.1. The van der Waals surface area contributed by atoms with Crippen molar-refractivity contribution in [1.82, 2.24) is 0 Å². The van der Waals surface area contributed by atoms with Gasteiger partial charge in [0.2, 0.25) is 0 Å². The lowest BCUT2D eigenvalue weighted by molar-refractivity contribution is -0.112. The zero-order valence-corrected chi connectivity index (χ0v) is 18.8. The maximum Gasteiger partial charge on any atom is 0.266 e. The normalized spacial score (nSPS) is 10.6. The highest BCUT2D eigenvalue weighted by Gasteiger charge is 2.13. The van der Waals surface area contributed by atoms with Crippen LogP contribution in [0.1, 0.15) is 22.3 Å². The minimum atomic E-state index is -0.546. The topological polar surface area (TPSA) is 95.1 Å². The Morgan fingerprint density at radius 2 is 1.88 bits per heavy atom. The van der Waals surface area contributed by atoms with E-state index in [0.717, 1.165) is 11.1 Å². The fourth-order valence-corrected chi connectivity index (χ4v) is 3.21. The first-order valence-corrected chi connectivity index (χ1v) is 10.3. The molecule has 0 aliphatic carbocycles. The van der Waals surface area contributed by atoms with E-state index in [-0.39, 0.29) is 12.2 Å². The number of hydrogen-bond donors (Lipinski definition) is 1. The van der Waals surface area contributed by atoms with Crippen molar-refractivity contribution in [3.63, 3.8) is 0 Å². The van der Waals surface area contributed by atoms with E-state index in [1.54, 1.807) is 48.5 Å². The van der Waals surface area contributed by atoms with Crippen LogP contribution >= 0.6 is 11.6 Å². The predicted molar refractivity (Wildman–Crippen MR) is 127 cm³/mol. The number of halogens is 1. The Morgan fingerprint density at radius 1 is 1.09 bits per heavy atom. The first kappa shape index (κ1) is 23.4. The predicted octanol–water partition coefficient (Wildman–Crippen LogP) is 5.65. The van der Waals surface area contributed by atoms with Gasteiger partial charge in [-0.15, -0.1) is 0 Å². The molecule has 0 unspecified atom stereocenters. The number of anilines is 1. The van der Waals surface area contributed by atoms with E-state index in [9.17, 15) is 15.3 Å². The molecule has 0 spiro atoms. The average molecular weight is 458 g/mol. The number of carbonyl (C=O) groups excluding carboxylic acids is 1. The lowest BCUT2D eigenvalue weighted by atomic mass is 10.1. The van der Waals surface area contributed by atoms with E-state index >= 15 is 0 Å². The highest BCUT2D eigenvalue weighted by molar-refractivity contribution is 6.31. The van der Waals surface area contributed by atoms with E-state index in [1.165, 1.54) is 13.2 Å². The summed E-state index contributed by atoms with van der Waals surface area (Å²) in [6.07, 6.45) is 1.46. The standard InChI is InChI=1S/C26H20ClN3O3/c1-17-7-9-22(27)13-23(17)30-26(31)21(15-29)11-18-8-10-24(25(12-18)32-2)33-16-20-6-4-3-5-19(20)14-28/h3-13H,16H2,1-2H3,(H,30,31)/b21-11+. The van der Waals surface area contributed by atoms with Crippen LogP contribution in [-0.4, -0.2) is 13.0 Å². The van der Waals surface area contributed by atoms with Crippen molar-refractivity contribution in [2.75, 3.05) is 12.4 Å². The summed E-state index contributed by atoms with van der Waals surface area (Å²) in [5.41, 5.74) is 3.17. The second-order valence-electron chi connectivity index (χ2n) is 7.05. The monoisotopic (exact) mass is 457 g/mol. The van der Waals surface area contributed by atoms with Crippen LogP contribution in [0.4, 0.5) is 5.69 Å². The highest BCUT2D eigenvalue weighted by atomic mass is 35.5. The number of amides is 1. The molecule has 0 atom stereocenters. The Hall–Kier alpha value is -4.26. The molecule has 1 N–H and O–H groups in total. The first-order chi connectivity index (χ1) is 15.9. The number of benzene rings is 3. The summed E-state index contributed by atoms with van der Waals surface area (Å²) < 4.78 is 11.3. The molecule has 3 rings (SSSR count). The summed E-state index contributed by atoms with van der Waals surface area (Å²) >= 11 is 6.00. The molecular formula is C26H20ClN3O3. The van der Waals surface area contributed by atoms with Gasteiger partial charge >= 0.3 is 0 Å². The Morgan fingerprint density at radius 3 is 2.61 bits per heavy atom. The fourth-order valence-electron chi connectivity index (χ4n) is 3.04. The minimum absolute atomic E-state index is 0.0759. The lowest BCUT2D eigenvalue weighted by Gasteiger charge is -2.12. The van der Waals surface area contributed by atoms with Crippen molar-refractivity contribution in [3.05, 3.63) is 93.5 Å². The third-order valence-electron chi connectivity index (χ3n) is 4.83. The van der Waals surface area contributed by atoms with Crippen LogP contribution in [0, 0.1) is 29.6 Å². The Bertz CT molecular complexity index is 1300. The summed E-state index contributed by atoms with van der Waals surface area (Å²) in [7, 11) is 1.50. The first-order valence-electron chi connectivity index (χ1n) is 9.93. The number of aryl methyl sites for hydroxylation is 1. The van der Waals surface area contributed by atoms with Crippen molar-refractivity contribution in [1.29, 1.82) is 10.5 Å². The molecule has 0 aliphatic heterocycles. The van der Waals surface area contributed by atoms with Gasteiger partial charge in [-0.1, -0.05) is 41.9 Å². The number of rotatable bonds is 7. The highest BCUT2D eigenvalue weighted by Crippen LogP contribution is 2.30. The molecule has 33 heavy (non-hydrogen) atoms. The average Bonchev–Trinajstić information content (AvgIpc) is 2.83. The molecular weight excluding hydrogens is 438 g/mol. The van der Waals surface area contributed by atoms with Crippen LogP contribution in [0.3, 0.4) is 0 Å². The third-order valence-corrected chi connectivity index (χ3v) is 5.07. The van der Waals surface area contributed by atoms with Crippen LogP contribution in [-0.2, 0) is 11.4 Å². The number of carbonyl (C=O) groups is 1. The Kier molecular flexibility index (Phi) is 7.70. The largest absolute Gasteiger partial charge is 0.493 e. The molecule has 0 saturated heterocycles. The summed E-state index contributed by atoms with van der Waals surface area (Å²) in [5.74, 6) is 0.358. The Labute approximate surface area is 197 Å². The van der Waals surface area contributed by atoms with Gasteiger partial charge in [-0.25, -0.2) is 0 Å². The molecule has 0 radical (unpaired) electrons. The molecule has 3 aromatic carbocycles. The van der Waals surface area contributed by atoms with E-state index in [1.807, 2.05) is 25.1 Å². The van der Waals surface area contributed by atoms with Crippen LogP contribution in [0.5, 0.6) is 11.5 Å². The molecule has 0 bridgehead atoms. The number of hydrogen-bond acceptors (Lipinski definition) is 5. The van der Waals surface area contributed by atoms with E-state index in [4.69, 9.17) is 21.1 Å². The number of nitrogens with zero attached hydrogens (tertiary/aromatic N) is 2. The molecule has 0 saturated carbocycles. The molecule has 6 nitrogen and oxygen atoms in total. The van der Waals surface area contributed by atoms with Crippen LogP contribution < -0.4 is 14.8 Å². The molecule has 0 aromatic heterocycles. The van der Waals surface area contributed by atoms with E-state index < -0.39 is 5.91 Å². The maximum atomic E-state index is 12.6. The molecule has 3 aromatic rings. The fraction of sp³-hybridized carbons (Fsp3) is 0.115. The molecule has 0 fully saturated rings. The second kappa shape index (κ2) is 10.9. The zero-order chi connectivity index (χ0) is 23.8. The van der Waals surface area contributed by atoms with Crippen molar-refractivity contribution >= 4 is 29.3 Å². The summed E-state index contributed by atoms with van der Waals surface area (Å²) in [4.78, 5) is 12.6. The van der Waals surface area contributed by atoms with Gasteiger partial charge in [0.15, 0.2) is 11.5 Å². The van der Waals surface area contributed by atoms with E-state index in [2.05, 4.69) is 11.4 Å². The number of nitriles is 2. The van der Waals surface area contributed by atoms with Gasteiger partial charge in [-0.05, 0) is 54.5 Å². The molecule has 1 amide bonds. The van der Waals surface area contributed by atoms with Crippen LogP contribution in [0.25, 0.3) is 6.08 Å². The summed E-state index contributed by atoms with van der Waals surface area (Å²) in [6, 6.07) is 21.4. The van der Waals surface area contributed by atoms with Crippen molar-refractivity contribution < 1.29 is 14.3 Å². The third kappa shape index (κ3) is 5.92. The SMILES string of the molecule is COc1cc(/C=C(\C#N)C(=O)Nc2cc(Cl)ccc2C)ccc1OCc1ccccc1C#N. The van der Waals surface area contributed by atoms with Crippen molar-refractivity contribution in [3.8, 4) is 23.6 Å². The summed E-state index contributed by atoms with van der Waals surface area (Å²) in [5, 5.41) is 21.9. The van der Waals surface area contributed by atoms with Gasteiger partial charge in [0.25, 0.3) is 5.91 Å². The van der Waals surface area contributed by atoms with Crippen LogP contribution in [0.2, 0.25) is 5.02 Å². The number of nitrogens with one attached hydrogen (secondary N) is 1. The van der Waals surface area contributed by atoms with Gasteiger partial charge < -0.3 is 14.8 Å². The molecule has 0 heterocycles. The van der Waals surface area contributed by atoms with Gasteiger partial charge in [-0.2, -0.15) is 10.5 Å². The smallest absolute Gasteiger partial charge is 0.266 e. The number of methoxy groups -OCH3 is 1. The maximum absolute atomic E-state index is 12.6. The van der Waals surface area contributed by atoms with Gasteiger partial charge in [0, 0.05) is 16.3 Å². The molecule has 164 valence electrons. The van der Waals surface area contributed by atoms with Gasteiger partial charge in [0.05, 0.1) is 18.7 Å². The molecule has 7 heteroatoms. The number of ether oxygens (including phenoxy) is 2. The minimum Gasteiger partial charge on any atom is -0.493 e. The quantitative estimate of drug-likeness (QED) is 0.365. The molecule has 0 aliphatic rings. The Balaban J connectivity index is 1.79. The van der Waals surface area contributed by atoms with Crippen LogP contribution in [0.15, 0.2) is 66.2 Å². The van der Waals surface area contributed by atoms with Gasteiger partial charge in [0.1, 0.15) is 18.2 Å². The van der Waals surface area contributed by atoms with Gasteiger partial charge in [-0.3, -0.25) is 4.79 Å². The van der Waals surface area contributed by atoms with E-state index in [0.29, 0.717) is 33.3 Å². The lowest BCUT2D eigenvalue weighted by Crippen LogP contribution is -2.14. The van der Waals surface area contributed by atoms with Crippen molar-refractivity contribution in [2.45, 2.75) is 13.5 Å². The summed E-state index contributed by atoms with van der Waals surface area (Å²) in [6.45, 7) is 2.03. The second-order valence-corrected chi connectivity index (χ2v) is 7.49.